The zero-order chi connectivity index (χ0) is 9.02. The van der Waals surface area contributed by atoms with Gasteiger partial charge in [0.25, 0.3) is 0 Å². The van der Waals surface area contributed by atoms with Crippen LogP contribution in [0.4, 0.5) is 0 Å². The molecule has 2 amide bonds. The molecule has 1 N–H and O–H groups in total. The van der Waals surface area contributed by atoms with Gasteiger partial charge in [-0.05, 0) is 6.92 Å². The average Bonchev–Trinajstić information content (AvgIpc) is 2.00. The maximum Gasteiger partial charge on any atom is 0.234 e. The van der Waals surface area contributed by atoms with Gasteiger partial charge in [-0.3, -0.25) is 9.59 Å². The number of nitrogens with zero attached hydrogens (tertiary/aromatic N) is 1. The van der Waals surface area contributed by atoms with Crippen LogP contribution in [0.25, 0.3) is 0 Å². The first-order valence-electron chi connectivity index (χ1n) is 3.43. The number of amides is 2. The number of hydrogen-bond acceptors (Lipinski definition) is 2. The molecule has 1 unspecified atom stereocenters. The molecule has 64 valence electrons. The van der Waals surface area contributed by atoms with Crippen molar-refractivity contribution in [3.8, 4) is 0 Å². The zero-order valence-electron chi connectivity index (χ0n) is 7.34. The zero-order valence-corrected chi connectivity index (χ0v) is 7.34. The molecule has 0 aliphatic rings. The smallest absolute Gasteiger partial charge is 0.234 e. The summed E-state index contributed by atoms with van der Waals surface area (Å²) in [5, 5.41) is 2.41. The lowest BCUT2D eigenvalue weighted by atomic mass is 10.1. The van der Waals surface area contributed by atoms with Crippen molar-refractivity contribution < 1.29 is 9.59 Å². The molecule has 4 nitrogen and oxygen atoms in total. The van der Waals surface area contributed by atoms with E-state index >= 15 is 0 Å². The van der Waals surface area contributed by atoms with E-state index in [1.54, 1.807) is 21.0 Å². The summed E-state index contributed by atoms with van der Waals surface area (Å²) < 4.78 is 0. The Morgan fingerprint density at radius 2 is 1.82 bits per heavy atom. The van der Waals surface area contributed by atoms with Crippen molar-refractivity contribution >= 4 is 11.8 Å². The summed E-state index contributed by atoms with van der Waals surface area (Å²) in [4.78, 5) is 23.4. The Morgan fingerprint density at radius 3 is 2.09 bits per heavy atom. The van der Waals surface area contributed by atoms with Gasteiger partial charge in [0.05, 0.1) is 0 Å². The lowest BCUT2D eigenvalue weighted by Crippen LogP contribution is -2.37. The molecule has 0 saturated carbocycles. The normalized spacial score (nSPS) is 12.0. The Bertz CT molecular complexity index is 166. The molecule has 0 heterocycles. The molecule has 0 radical (unpaired) electrons. The van der Waals surface area contributed by atoms with Gasteiger partial charge < -0.3 is 10.2 Å². The molecule has 0 aliphatic carbocycles. The van der Waals surface area contributed by atoms with Crippen LogP contribution >= 0.6 is 0 Å². The molecule has 0 saturated heterocycles. The summed E-state index contributed by atoms with van der Waals surface area (Å²) in [6, 6.07) is 0. The quantitative estimate of drug-likeness (QED) is 0.548. The van der Waals surface area contributed by atoms with Crippen LogP contribution in [-0.2, 0) is 9.59 Å². The monoisotopic (exact) mass is 158 g/mol. The molecule has 0 spiro atoms. The van der Waals surface area contributed by atoms with Gasteiger partial charge in [0.2, 0.25) is 11.8 Å². The van der Waals surface area contributed by atoms with E-state index in [1.165, 1.54) is 11.9 Å². The molecule has 11 heavy (non-hydrogen) atoms. The molecule has 0 rings (SSSR count). The number of rotatable bonds is 2. The highest BCUT2D eigenvalue weighted by molar-refractivity contribution is 5.99. The Labute approximate surface area is 66.6 Å². The van der Waals surface area contributed by atoms with E-state index in [0.717, 1.165) is 0 Å². The fraction of sp³-hybridized carbons (Fsp3) is 0.714. The predicted octanol–water partition coefficient (Wildman–Crippen LogP) is -0.543. The van der Waals surface area contributed by atoms with Gasteiger partial charge in [-0.2, -0.15) is 0 Å². The van der Waals surface area contributed by atoms with E-state index in [2.05, 4.69) is 5.32 Å². The number of carbonyl (C=O) groups is 2. The van der Waals surface area contributed by atoms with Gasteiger partial charge >= 0.3 is 0 Å². The van der Waals surface area contributed by atoms with Crippen LogP contribution in [0.1, 0.15) is 6.92 Å². The highest BCUT2D eigenvalue weighted by Crippen LogP contribution is 1.97. The summed E-state index contributed by atoms with van der Waals surface area (Å²) in [6.07, 6.45) is 0. The summed E-state index contributed by atoms with van der Waals surface area (Å²) in [5.74, 6) is -1.01. The van der Waals surface area contributed by atoms with Crippen LogP contribution in [0, 0.1) is 5.92 Å². The number of nitrogens with one attached hydrogen (secondary N) is 1. The summed E-state index contributed by atoms with van der Waals surface area (Å²) >= 11 is 0. The summed E-state index contributed by atoms with van der Waals surface area (Å²) in [5.41, 5.74) is 0. The second kappa shape index (κ2) is 3.95. The van der Waals surface area contributed by atoms with Crippen LogP contribution in [-0.4, -0.2) is 37.9 Å². The molecule has 0 aromatic carbocycles. The average molecular weight is 158 g/mol. The van der Waals surface area contributed by atoms with Crippen LogP contribution in [0.5, 0.6) is 0 Å². The van der Waals surface area contributed by atoms with Crippen LogP contribution in [0.15, 0.2) is 0 Å². The third-order valence-electron chi connectivity index (χ3n) is 1.45. The highest BCUT2D eigenvalue weighted by Gasteiger charge is 2.21. The molecule has 4 heteroatoms. The summed E-state index contributed by atoms with van der Waals surface area (Å²) in [7, 11) is 4.77. The van der Waals surface area contributed by atoms with Crippen molar-refractivity contribution in [3.05, 3.63) is 0 Å². The van der Waals surface area contributed by atoms with Crippen LogP contribution in [0.3, 0.4) is 0 Å². The van der Waals surface area contributed by atoms with Crippen molar-refractivity contribution in [2.24, 2.45) is 5.92 Å². The van der Waals surface area contributed by atoms with Gasteiger partial charge in [-0.15, -0.1) is 0 Å². The molecule has 0 aliphatic heterocycles. The standard InChI is InChI=1S/C7H14N2O2/c1-5(6(10)8-2)7(11)9(3)4/h5H,1-4H3,(H,8,10). The van der Waals surface area contributed by atoms with Gasteiger partial charge in [-0.25, -0.2) is 0 Å². The molecule has 0 aromatic heterocycles. The fourth-order valence-corrected chi connectivity index (χ4v) is 0.716. The van der Waals surface area contributed by atoms with E-state index in [1.807, 2.05) is 0 Å². The first kappa shape index (κ1) is 9.94. The number of carbonyl (C=O) groups excluding carboxylic acids is 2. The minimum atomic E-state index is -0.588. The van der Waals surface area contributed by atoms with Crippen molar-refractivity contribution in [1.82, 2.24) is 10.2 Å². The first-order valence-corrected chi connectivity index (χ1v) is 3.43. The van der Waals surface area contributed by atoms with Crippen molar-refractivity contribution in [2.75, 3.05) is 21.1 Å². The van der Waals surface area contributed by atoms with Crippen molar-refractivity contribution in [2.45, 2.75) is 6.92 Å². The van der Waals surface area contributed by atoms with Gasteiger partial charge in [0, 0.05) is 21.1 Å². The van der Waals surface area contributed by atoms with E-state index < -0.39 is 5.92 Å². The van der Waals surface area contributed by atoms with Crippen LogP contribution < -0.4 is 5.32 Å². The lowest BCUT2D eigenvalue weighted by molar-refractivity contribution is -0.139. The van der Waals surface area contributed by atoms with Crippen molar-refractivity contribution in [1.29, 1.82) is 0 Å². The lowest BCUT2D eigenvalue weighted by Gasteiger charge is -2.14. The second-order valence-corrected chi connectivity index (χ2v) is 2.57. The molecule has 1 atom stereocenters. The van der Waals surface area contributed by atoms with Gasteiger partial charge in [0.1, 0.15) is 5.92 Å². The topological polar surface area (TPSA) is 49.4 Å². The third-order valence-corrected chi connectivity index (χ3v) is 1.45. The molecular weight excluding hydrogens is 144 g/mol. The maximum atomic E-state index is 11.1. The van der Waals surface area contributed by atoms with Crippen molar-refractivity contribution in [3.63, 3.8) is 0 Å². The minimum absolute atomic E-state index is 0.177. The fourth-order valence-electron chi connectivity index (χ4n) is 0.716. The van der Waals surface area contributed by atoms with Crippen LogP contribution in [0.2, 0.25) is 0 Å². The molecule has 0 bridgehead atoms. The highest BCUT2D eigenvalue weighted by atomic mass is 16.2. The summed E-state index contributed by atoms with van der Waals surface area (Å²) in [6.45, 7) is 1.58. The SMILES string of the molecule is CNC(=O)C(C)C(=O)N(C)C. The minimum Gasteiger partial charge on any atom is -0.358 e. The first-order chi connectivity index (χ1) is 5.00. The Morgan fingerprint density at radius 1 is 1.36 bits per heavy atom. The van der Waals surface area contributed by atoms with Gasteiger partial charge in [0.15, 0.2) is 0 Å². The number of hydrogen-bond donors (Lipinski definition) is 1. The largest absolute Gasteiger partial charge is 0.358 e. The Kier molecular flexibility index (Phi) is 3.57. The van der Waals surface area contributed by atoms with Gasteiger partial charge in [-0.1, -0.05) is 0 Å². The predicted molar refractivity (Wildman–Crippen MR) is 41.9 cm³/mol. The van der Waals surface area contributed by atoms with E-state index in [0.29, 0.717) is 0 Å². The van der Waals surface area contributed by atoms with E-state index in [-0.39, 0.29) is 11.8 Å². The van der Waals surface area contributed by atoms with E-state index in [4.69, 9.17) is 0 Å². The molecule has 0 aromatic rings. The third kappa shape index (κ3) is 2.57. The maximum absolute atomic E-state index is 11.1. The van der Waals surface area contributed by atoms with E-state index in [9.17, 15) is 9.59 Å². The second-order valence-electron chi connectivity index (χ2n) is 2.57. The molecular formula is C7H14N2O2. The Hall–Kier alpha value is -1.06. The molecule has 0 fully saturated rings. The Balaban J connectivity index is 4.13.